The molecular formula is C22H17NO. The number of amides is 1. The minimum Gasteiger partial charge on any atom is -0.366 e. The van der Waals surface area contributed by atoms with Gasteiger partial charge < -0.3 is 5.73 Å². The van der Waals surface area contributed by atoms with Crippen LogP contribution >= 0.6 is 0 Å². The fourth-order valence-electron chi connectivity index (χ4n) is 3.46. The van der Waals surface area contributed by atoms with E-state index < -0.39 is 5.91 Å². The van der Waals surface area contributed by atoms with E-state index >= 15 is 0 Å². The van der Waals surface area contributed by atoms with Crippen molar-refractivity contribution in [3.63, 3.8) is 0 Å². The van der Waals surface area contributed by atoms with Crippen LogP contribution in [0.1, 0.15) is 15.9 Å². The quantitative estimate of drug-likeness (QED) is 0.552. The Balaban J connectivity index is 2.23. The Morgan fingerprint density at radius 3 is 1.88 bits per heavy atom. The Labute approximate surface area is 140 Å². The minimum atomic E-state index is -0.400. The van der Waals surface area contributed by atoms with Crippen molar-refractivity contribution in [3.8, 4) is 11.1 Å². The van der Waals surface area contributed by atoms with E-state index in [1.54, 1.807) is 0 Å². The van der Waals surface area contributed by atoms with Gasteiger partial charge in [-0.1, -0.05) is 66.7 Å². The second-order valence-corrected chi connectivity index (χ2v) is 6.05. The lowest BCUT2D eigenvalue weighted by atomic mass is 9.87. The predicted molar refractivity (Wildman–Crippen MR) is 100 cm³/mol. The van der Waals surface area contributed by atoms with Crippen molar-refractivity contribution in [2.24, 2.45) is 5.73 Å². The van der Waals surface area contributed by atoms with Crippen LogP contribution in [0.25, 0.3) is 32.7 Å². The molecule has 0 aliphatic rings. The highest BCUT2D eigenvalue weighted by Crippen LogP contribution is 2.38. The van der Waals surface area contributed by atoms with Crippen molar-refractivity contribution in [2.75, 3.05) is 0 Å². The fourth-order valence-corrected chi connectivity index (χ4v) is 3.46. The Morgan fingerprint density at radius 1 is 0.708 bits per heavy atom. The molecule has 4 rings (SSSR count). The molecule has 2 nitrogen and oxygen atoms in total. The molecule has 2 heteroatoms. The summed E-state index contributed by atoms with van der Waals surface area (Å²) < 4.78 is 0. The summed E-state index contributed by atoms with van der Waals surface area (Å²) in [4.78, 5) is 12.1. The highest BCUT2D eigenvalue weighted by Gasteiger charge is 2.17. The van der Waals surface area contributed by atoms with Crippen LogP contribution in [0.3, 0.4) is 0 Å². The third kappa shape index (κ3) is 2.16. The standard InChI is InChI=1S/C22H17NO/c1-14-10-11-15-6-2-4-8-17(15)20(14)21-18-9-5-3-7-16(18)12-13-19(21)22(23)24/h2-13H,1H3,(H2,23,24). The maximum atomic E-state index is 12.1. The van der Waals surface area contributed by atoms with Gasteiger partial charge in [0.1, 0.15) is 0 Å². The summed E-state index contributed by atoms with van der Waals surface area (Å²) in [7, 11) is 0. The Bertz CT molecular complexity index is 1100. The van der Waals surface area contributed by atoms with Gasteiger partial charge in [-0.3, -0.25) is 4.79 Å². The van der Waals surface area contributed by atoms with Crippen molar-refractivity contribution in [1.82, 2.24) is 0 Å². The largest absolute Gasteiger partial charge is 0.366 e. The average molecular weight is 311 g/mol. The lowest BCUT2D eigenvalue weighted by Gasteiger charge is -2.16. The summed E-state index contributed by atoms with van der Waals surface area (Å²) >= 11 is 0. The van der Waals surface area contributed by atoms with Crippen LogP contribution in [-0.2, 0) is 0 Å². The van der Waals surface area contributed by atoms with Crippen molar-refractivity contribution < 1.29 is 4.79 Å². The van der Waals surface area contributed by atoms with Crippen LogP contribution in [0, 0.1) is 6.92 Å². The van der Waals surface area contributed by atoms with Crippen molar-refractivity contribution >= 4 is 27.5 Å². The van der Waals surface area contributed by atoms with Gasteiger partial charge >= 0.3 is 0 Å². The van der Waals surface area contributed by atoms with Gasteiger partial charge in [0, 0.05) is 11.1 Å². The van der Waals surface area contributed by atoms with Gasteiger partial charge in [-0.25, -0.2) is 0 Å². The SMILES string of the molecule is Cc1ccc2ccccc2c1-c1c(C(N)=O)ccc2ccccc12. The van der Waals surface area contributed by atoms with Crippen molar-refractivity contribution in [1.29, 1.82) is 0 Å². The van der Waals surface area contributed by atoms with Crippen LogP contribution in [0.5, 0.6) is 0 Å². The molecule has 0 aliphatic carbocycles. The van der Waals surface area contributed by atoms with Gasteiger partial charge in [0.2, 0.25) is 5.91 Å². The number of carbonyl (C=O) groups is 1. The van der Waals surface area contributed by atoms with Crippen LogP contribution in [0.2, 0.25) is 0 Å². The molecule has 4 aromatic rings. The van der Waals surface area contributed by atoms with Gasteiger partial charge in [-0.15, -0.1) is 0 Å². The number of primary amides is 1. The summed E-state index contributed by atoms with van der Waals surface area (Å²) in [5.74, 6) is -0.400. The van der Waals surface area contributed by atoms with Gasteiger partial charge in [0.15, 0.2) is 0 Å². The first-order chi connectivity index (χ1) is 11.7. The number of nitrogens with two attached hydrogens (primary N) is 1. The molecule has 116 valence electrons. The summed E-state index contributed by atoms with van der Waals surface area (Å²) in [6.45, 7) is 2.08. The van der Waals surface area contributed by atoms with E-state index in [0.29, 0.717) is 5.56 Å². The Kier molecular flexibility index (Phi) is 3.31. The number of benzene rings is 4. The molecule has 0 heterocycles. The third-order valence-electron chi connectivity index (χ3n) is 4.58. The second kappa shape index (κ2) is 5.50. The molecule has 0 bridgehead atoms. The number of fused-ring (bicyclic) bond motifs is 2. The van der Waals surface area contributed by atoms with E-state index in [-0.39, 0.29) is 0 Å². The number of hydrogen-bond donors (Lipinski definition) is 1. The molecule has 2 N–H and O–H groups in total. The maximum Gasteiger partial charge on any atom is 0.249 e. The molecule has 4 aromatic carbocycles. The summed E-state index contributed by atoms with van der Waals surface area (Å²) in [5.41, 5.74) is 9.40. The zero-order valence-electron chi connectivity index (χ0n) is 13.4. The molecule has 0 saturated carbocycles. The van der Waals surface area contributed by atoms with Crippen LogP contribution < -0.4 is 5.73 Å². The van der Waals surface area contributed by atoms with E-state index in [0.717, 1.165) is 38.2 Å². The van der Waals surface area contributed by atoms with Gasteiger partial charge in [-0.2, -0.15) is 0 Å². The minimum absolute atomic E-state index is 0.400. The second-order valence-electron chi connectivity index (χ2n) is 6.05. The molecular weight excluding hydrogens is 294 g/mol. The first-order valence-corrected chi connectivity index (χ1v) is 7.97. The van der Waals surface area contributed by atoms with Gasteiger partial charge in [-0.05, 0) is 45.7 Å². The Morgan fingerprint density at radius 2 is 1.25 bits per heavy atom. The fraction of sp³-hybridized carbons (Fsp3) is 0.0455. The monoisotopic (exact) mass is 311 g/mol. The number of carbonyl (C=O) groups excluding carboxylic acids is 1. The first-order valence-electron chi connectivity index (χ1n) is 7.97. The lowest BCUT2D eigenvalue weighted by Crippen LogP contribution is -2.13. The van der Waals surface area contributed by atoms with E-state index in [1.165, 1.54) is 0 Å². The summed E-state index contributed by atoms with van der Waals surface area (Å²) in [5, 5.41) is 4.44. The molecule has 0 radical (unpaired) electrons. The highest BCUT2D eigenvalue weighted by atomic mass is 16.1. The van der Waals surface area contributed by atoms with Gasteiger partial charge in [0.25, 0.3) is 0 Å². The van der Waals surface area contributed by atoms with Crippen LogP contribution in [-0.4, -0.2) is 5.91 Å². The molecule has 0 aliphatic heterocycles. The Hall–Kier alpha value is -3.13. The van der Waals surface area contributed by atoms with Crippen LogP contribution in [0.4, 0.5) is 0 Å². The molecule has 0 saturated heterocycles. The van der Waals surface area contributed by atoms with E-state index in [4.69, 9.17) is 5.73 Å². The molecule has 0 fully saturated rings. The topological polar surface area (TPSA) is 43.1 Å². The molecule has 0 unspecified atom stereocenters. The first kappa shape index (κ1) is 14.5. The maximum absolute atomic E-state index is 12.1. The number of hydrogen-bond acceptors (Lipinski definition) is 1. The molecule has 0 aromatic heterocycles. The molecule has 0 atom stereocenters. The predicted octanol–water partition coefficient (Wildman–Crippen LogP) is 5.07. The van der Waals surface area contributed by atoms with E-state index in [9.17, 15) is 4.79 Å². The molecule has 24 heavy (non-hydrogen) atoms. The summed E-state index contributed by atoms with van der Waals surface area (Å²) in [6.07, 6.45) is 0. The smallest absolute Gasteiger partial charge is 0.249 e. The number of rotatable bonds is 2. The van der Waals surface area contributed by atoms with Crippen molar-refractivity contribution in [3.05, 3.63) is 83.9 Å². The van der Waals surface area contributed by atoms with E-state index in [1.807, 2.05) is 36.4 Å². The number of aryl methyl sites for hydroxylation is 1. The zero-order chi connectivity index (χ0) is 16.7. The molecule has 0 spiro atoms. The normalized spacial score (nSPS) is 11.0. The highest BCUT2D eigenvalue weighted by molar-refractivity contribution is 6.14. The third-order valence-corrected chi connectivity index (χ3v) is 4.58. The summed E-state index contributed by atoms with van der Waals surface area (Å²) in [6, 6.07) is 24.4. The molecule has 1 amide bonds. The van der Waals surface area contributed by atoms with E-state index in [2.05, 4.69) is 43.3 Å². The van der Waals surface area contributed by atoms with Crippen molar-refractivity contribution in [2.45, 2.75) is 6.92 Å². The van der Waals surface area contributed by atoms with Crippen LogP contribution in [0.15, 0.2) is 72.8 Å². The van der Waals surface area contributed by atoms with Gasteiger partial charge in [0.05, 0.1) is 0 Å². The average Bonchev–Trinajstić information content (AvgIpc) is 2.61. The lowest BCUT2D eigenvalue weighted by molar-refractivity contribution is 0.100. The zero-order valence-corrected chi connectivity index (χ0v) is 13.4.